The van der Waals surface area contributed by atoms with E-state index in [1.165, 1.54) is 30.0 Å². The fourth-order valence-electron chi connectivity index (χ4n) is 2.37. The van der Waals surface area contributed by atoms with Crippen molar-refractivity contribution in [1.82, 2.24) is 4.90 Å². The summed E-state index contributed by atoms with van der Waals surface area (Å²) in [6.45, 7) is 11.7. The number of aliphatic hydroxyl groups is 3. The molecule has 0 saturated carbocycles. The minimum absolute atomic E-state index is 0.0337. The second-order valence-corrected chi connectivity index (χ2v) is 6.59. The molecular formula is C23H36N2O5. The number of carbonyl (C=O) groups excluding carboxylic acids is 1. The summed E-state index contributed by atoms with van der Waals surface area (Å²) in [5.74, 6) is -0.276. The number of hydrogen-bond donors (Lipinski definition) is 5. The SMILES string of the molecule is C=C(C)CNc1c(O)cccc1C(=O)N(C/C=C(\O)CCCO)C/C=C(\C)O.CC. The van der Waals surface area contributed by atoms with Crippen LogP contribution in [0, 0.1) is 0 Å². The van der Waals surface area contributed by atoms with Crippen molar-refractivity contribution in [3.05, 3.63) is 59.6 Å². The average molecular weight is 421 g/mol. The normalized spacial score (nSPS) is 11.4. The molecule has 168 valence electrons. The van der Waals surface area contributed by atoms with Crippen LogP contribution in [0.2, 0.25) is 0 Å². The van der Waals surface area contributed by atoms with Gasteiger partial charge in [-0.25, -0.2) is 0 Å². The van der Waals surface area contributed by atoms with Crippen molar-refractivity contribution < 1.29 is 25.2 Å². The number of hydrogen-bond acceptors (Lipinski definition) is 6. The summed E-state index contributed by atoms with van der Waals surface area (Å²) in [4.78, 5) is 14.5. The smallest absolute Gasteiger partial charge is 0.256 e. The van der Waals surface area contributed by atoms with Gasteiger partial charge in [0.25, 0.3) is 5.91 Å². The first kappa shape index (κ1) is 27.1. The van der Waals surface area contributed by atoms with Crippen molar-refractivity contribution >= 4 is 11.6 Å². The summed E-state index contributed by atoms with van der Waals surface area (Å²) >= 11 is 0. The average Bonchev–Trinajstić information content (AvgIpc) is 2.71. The van der Waals surface area contributed by atoms with Crippen LogP contribution in [0.15, 0.2) is 54.0 Å². The highest BCUT2D eigenvalue weighted by Crippen LogP contribution is 2.28. The van der Waals surface area contributed by atoms with Gasteiger partial charge in [-0.05, 0) is 44.6 Å². The molecule has 0 spiro atoms. The van der Waals surface area contributed by atoms with E-state index in [0.29, 0.717) is 25.1 Å². The zero-order chi connectivity index (χ0) is 23.1. The van der Waals surface area contributed by atoms with Crippen LogP contribution in [-0.4, -0.2) is 57.5 Å². The molecule has 0 aromatic heterocycles. The number of allylic oxidation sites excluding steroid dienone is 2. The molecule has 5 N–H and O–H groups in total. The first-order valence-electron chi connectivity index (χ1n) is 10.1. The summed E-state index contributed by atoms with van der Waals surface area (Å²) in [6, 6.07) is 4.66. The van der Waals surface area contributed by atoms with Crippen molar-refractivity contribution in [3.63, 3.8) is 0 Å². The summed E-state index contributed by atoms with van der Waals surface area (Å²) < 4.78 is 0. The zero-order valence-electron chi connectivity index (χ0n) is 18.5. The minimum atomic E-state index is -0.371. The first-order chi connectivity index (χ1) is 14.3. The Labute approximate surface area is 179 Å². The van der Waals surface area contributed by atoms with E-state index in [9.17, 15) is 20.1 Å². The lowest BCUT2D eigenvalue weighted by atomic mass is 10.1. The number of nitrogens with one attached hydrogen (secondary N) is 1. The Balaban J connectivity index is 0.00000407. The standard InChI is InChI=1S/C21H30N2O5.C2H6/c1-15(2)14-22-20-18(7-4-8-19(20)27)21(28)23(11-9-16(3)25)12-10-17(26)6-5-13-24;1-2/h4,7-10,22,24-27H,1,5-6,11-14H2,2-3H3;1-2H3/b16-9+,17-10-;. The number of anilines is 1. The molecule has 0 unspecified atom stereocenters. The maximum absolute atomic E-state index is 13.1. The van der Waals surface area contributed by atoms with E-state index >= 15 is 0 Å². The van der Waals surface area contributed by atoms with E-state index in [-0.39, 0.29) is 48.4 Å². The molecule has 1 rings (SSSR count). The number of aromatic hydroxyl groups is 1. The van der Waals surface area contributed by atoms with E-state index in [2.05, 4.69) is 11.9 Å². The van der Waals surface area contributed by atoms with Crippen LogP contribution >= 0.6 is 0 Å². The topological polar surface area (TPSA) is 113 Å². The second-order valence-electron chi connectivity index (χ2n) is 6.59. The van der Waals surface area contributed by atoms with Gasteiger partial charge in [0.2, 0.25) is 0 Å². The molecule has 7 nitrogen and oxygen atoms in total. The number of phenols is 1. The molecule has 30 heavy (non-hydrogen) atoms. The van der Waals surface area contributed by atoms with Gasteiger partial charge >= 0.3 is 0 Å². The van der Waals surface area contributed by atoms with E-state index in [4.69, 9.17) is 5.11 Å². The molecule has 0 bridgehead atoms. The number of amides is 1. The maximum Gasteiger partial charge on any atom is 0.256 e. The quantitative estimate of drug-likeness (QED) is 0.204. The van der Waals surface area contributed by atoms with Crippen molar-refractivity contribution in [2.75, 3.05) is 31.6 Å². The summed E-state index contributed by atoms with van der Waals surface area (Å²) in [5, 5.41) is 41.4. The van der Waals surface area contributed by atoms with Gasteiger partial charge < -0.3 is 30.6 Å². The molecule has 0 saturated heterocycles. The van der Waals surface area contributed by atoms with Gasteiger partial charge in [-0.3, -0.25) is 4.79 Å². The van der Waals surface area contributed by atoms with Gasteiger partial charge in [-0.1, -0.05) is 32.1 Å². The maximum atomic E-state index is 13.1. The minimum Gasteiger partial charge on any atom is -0.513 e. The van der Waals surface area contributed by atoms with E-state index < -0.39 is 0 Å². The number of phenolic OH excluding ortho intramolecular Hbond substituents is 1. The molecule has 0 heterocycles. The largest absolute Gasteiger partial charge is 0.513 e. The van der Waals surface area contributed by atoms with Crippen LogP contribution < -0.4 is 5.32 Å². The Morgan fingerprint density at radius 3 is 2.37 bits per heavy atom. The molecule has 7 heteroatoms. The lowest BCUT2D eigenvalue weighted by Crippen LogP contribution is -2.32. The zero-order valence-corrected chi connectivity index (χ0v) is 18.5. The molecule has 0 radical (unpaired) electrons. The Morgan fingerprint density at radius 2 is 1.80 bits per heavy atom. The van der Waals surface area contributed by atoms with Gasteiger partial charge in [0.1, 0.15) is 5.75 Å². The second kappa shape index (κ2) is 15.0. The van der Waals surface area contributed by atoms with Gasteiger partial charge in [-0.15, -0.1) is 0 Å². The van der Waals surface area contributed by atoms with Crippen LogP contribution in [0.4, 0.5) is 5.69 Å². The Hall–Kier alpha value is -2.93. The molecule has 0 aliphatic carbocycles. The molecule has 1 aromatic carbocycles. The fourth-order valence-corrected chi connectivity index (χ4v) is 2.37. The molecule has 1 amide bonds. The predicted octanol–water partition coefficient (Wildman–Crippen LogP) is 4.52. The third-order valence-electron chi connectivity index (χ3n) is 3.87. The first-order valence-corrected chi connectivity index (χ1v) is 10.1. The van der Waals surface area contributed by atoms with Crippen molar-refractivity contribution in [2.24, 2.45) is 0 Å². The van der Waals surface area contributed by atoms with Crippen LogP contribution in [0.3, 0.4) is 0 Å². The van der Waals surface area contributed by atoms with E-state index in [0.717, 1.165) is 5.57 Å². The number of rotatable bonds is 11. The number of para-hydroxylation sites is 1. The molecule has 0 fully saturated rings. The van der Waals surface area contributed by atoms with E-state index in [1.54, 1.807) is 12.1 Å². The molecule has 1 aromatic rings. The van der Waals surface area contributed by atoms with Gasteiger partial charge in [0, 0.05) is 32.7 Å². The Morgan fingerprint density at radius 1 is 1.17 bits per heavy atom. The molecule has 0 aliphatic rings. The molecule has 0 aliphatic heterocycles. The fraction of sp³-hybridized carbons (Fsp3) is 0.435. The van der Waals surface area contributed by atoms with Crippen LogP contribution in [0.5, 0.6) is 5.75 Å². The number of carbonyl (C=O) groups is 1. The predicted molar refractivity (Wildman–Crippen MR) is 122 cm³/mol. The summed E-state index contributed by atoms with van der Waals surface area (Å²) in [7, 11) is 0. The van der Waals surface area contributed by atoms with Gasteiger partial charge in [-0.2, -0.15) is 0 Å². The lowest BCUT2D eigenvalue weighted by Gasteiger charge is -2.22. The van der Waals surface area contributed by atoms with E-state index in [1.807, 2.05) is 20.8 Å². The van der Waals surface area contributed by atoms with Crippen LogP contribution in [0.1, 0.15) is 50.9 Å². The lowest BCUT2D eigenvalue weighted by molar-refractivity contribution is 0.0789. The van der Waals surface area contributed by atoms with Crippen LogP contribution in [-0.2, 0) is 0 Å². The van der Waals surface area contributed by atoms with Gasteiger partial charge in [0.15, 0.2) is 0 Å². The van der Waals surface area contributed by atoms with Crippen molar-refractivity contribution in [3.8, 4) is 5.75 Å². The third-order valence-corrected chi connectivity index (χ3v) is 3.87. The number of aliphatic hydroxyl groups excluding tert-OH is 3. The monoisotopic (exact) mass is 420 g/mol. The van der Waals surface area contributed by atoms with Crippen molar-refractivity contribution in [1.29, 1.82) is 0 Å². The molecule has 0 atom stereocenters. The highest BCUT2D eigenvalue weighted by atomic mass is 16.3. The van der Waals surface area contributed by atoms with Crippen LogP contribution in [0.25, 0.3) is 0 Å². The number of nitrogens with zero attached hydrogens (tertiary/aromatic N) is 1. The third kappa shape index (κ3) is 10.0. The highest BCUT2D eigenvalue weighted by molar-refractivity contribution is 6.01. The number of benzene rings is 1. The van der Waals surface area contributed by atoms with Gasteiger partial charge in [0.05, 0.1) is 22.8 Å². The Bertz CT molecular complexity index is 737. The summed E-state index contributed by atoms with van der Waals surface area (Å²) in [5.41, 5.74) is 1.42. The highest BCUT2D eigenvalue weighted by Gasteiger charge is 2.20. The molecular weight excluding hydrogens is 384 g/mol. The Kier molecular flexibility index (Phi) is 13.5. The van der Waals surface area contributed by atoms with Crippen molar-refractivity contribution in [2.45, 2.75) is 40.5 Å². The summed E-state index contributed by atoms with van der Waals surface area (Å²) in [6.07, 6.45) is 3.72.